The summed E-state index contributed by atoms with van der Waals surface area (Å²) in [6.07, 6.45) is 0.833. The molecule has 0 aliphatic heterocycles. The maximum Gasteiger partial charge on any atom is 0.135 e. The van der Waals surface area contributed by atoms with Gasteiger partial charge in [0.1, 0.15) is 23.0 Å². The van der Waals surface area contributed by atoms with Gasteiger partial charge >= 0.3 is 0 Å². The third-order valence-electron chi connectivity index (χ3n) is 7.49. The van der Waals surface area contributed by atoms with E-state index < -0.39 is 0 Å². The lowest BCUT2D eigenvalue weighted by Gasteiger charge is -2.20. The van der Waals surface area contributed by atoms with Crippen LogP contribution in [0.3, 0.4) is 0 Å². The van der Waals surface area contributed by atoms with E-state index in [4.69, 9.17) is 20.9 Å². The fourth-order valence-corrected chi connectivity index (χ4v) is 5.69. The van der Waals surface area contributed by atoms with Crippen LogP contribution in [0.4, 0.5) is 11.4 Å². The molecule has 1 aliphatic carbocycles. The van der Waals surface area contributed by atoms with Crippen molar-refractivity contribution >= 4 is 11.4 Å². The van der Waals surface area contributed by atoms with Gasteiger partial charge in [-0.1, -0.05) is 84.9 Å². The van der Waals surface area contributed by atoms with Crippen LogP contribution < -0.4 is 20.9 Å². The molecule has 0 atom stereocenters. The summed E-state index contributed by atoms with van der Waals surface area (Å²) >= 11 is 0. The summed E-state index contributed by atoms with van der Waals surface area (Å²) in [7, 11) is 0. The third-order valence-corrected chi connectivity index (χ3v) is 7.49. The van der Waals surface area contributed by atoms with Crippen molar-refractivity contribution in [1.29, 1.82) is 0 Å². The number of nitrogen functional groups attached to an aromatic ring is 2. The summed E-state index contributed by atoms with van der Waals surface area (Å²) < 4.78 is 12.9. The van der Waals surface area contributed by atoms with Crippen molar-refractivity contribution in [2.45, 2.75) is 6.42 Å². The fraction of sp³-hybridized carbons (Fsp3) is 0.0270. The molecule has 0 fully saturated rings. The molecule has 41 heavy (non-hydrogen) atoms. The highest BCUT2D eigenvalue weighted by molar-refractivity contribution is 5.96. The number of ether oxygens (including phenoxy) is 2. The molecule has 0 amide bonds. The van der Waals surface area contributed by atoms with Gasteiger partial charge in [-0.25, -0.2) is 0 Å². The molecule has 7 rings (SSSR count). The number of nitrogens with two attached hydrogens (primary N) is 2. The van der Waals surface area contributed by atoms with Gasteiger partial charge in [0.15, 0.2) is 0 Å². The van der Waals surface area contributed by atoms with Gasteiger partial charge in [-0.2, -0.15) is 0 Å². The molecule has 0 saturated heterocycles. The van der Waals surface area contributed by atoms with Crippen molar-refractivity contribution in [2.75, 3.05) is 11.5 Å². The maximum atomic E-state index is 6.49. The SMILES string of the molecule is Nc1cccc(Oc2ccccc2-c2ccc3c(c2-c2ccccc2Oc2cccc(N)c2)Cc2ccccc2-3)c1. The van der Waals surface area contributed by atoms with Crippen molar-refractivity contribution in [1.82, 2.24) is 0 Å². The normalized spacial score (nSPS) is 11.5. The van der Waals surface area contributed by atoms with Crippen LogP contribution in [0.25, 0.3) is 33.4 Å². The molecule has 0 radical (unpaired) electrons. The summed E-state index contributed by atoms with van der Waals surface area (Å²) in [4.78, 5) is 0. The Labute approximate surface area is 239 Å². The predicted molar refractivity (Wildman–Crippen MR) is 167 cm³/mol. The molecular weight excluding hydrogens is 504 g/mol. The van der Waals surface area contributed by atoms with Gasteiger partial charge in [-0.15, -0.1) is 0 Å². The van der Waals surface area contributed by atoms with E-state index in [-0.39, 0.29) is 0 Å². The van der Waals surface area contributed by atoms with E-state index in [1.165, 1.54) is 22.3 Å². The predicted octanol–water partition coefficient (Wildman–Crippen LogP) is 9.34. The highest BCUT2D eigenvalue weighted by Gasteiger charge is 2.26. The zero-order chi connectivity index (χ0) is 27.8. The van der Waals surface area contributed by atoms with Crippen LogP contribution in [-0.4, -0.2) is 0 Å². The average Bonchev–Trinajstić information content (AvgIpc) is 3.36. The fourth-order valence-electron chi connectivity index (χ4n) is 5.69. The first-order chi connectivity index (χ1) is 20.1. The van der Waals surface area contributed by atoms with Gasteiger partial charge < -0.3 is 20.9 Å². The van der Waals surface area contributed by atoms with E-state index in [9.17, 15) is 0 Å². The third kappa shape index (κ3) is 4.66. The minimum absolute atomic E-state index is 0.656. The number of para-hydroxylation sites is 2. The highest BCUT2D eigenvalue weighted by atomic mass is 16.5. The second-order valence-electron chi connectivity index (χ2n) is 10.2. The molecule has 4 heteroatoms. The zero-order valence-corrected chi connectivity index (χ0v) is 22.4. The van der Waals surface area contributed by atoms with Crippen molar-refractivity contribution < 1.29 is 9.47 Å². The maximum absolute atomic E-state index is 6.49. The number of fused-ring (bicyclic) bond motifs is 3. The van der Waals surface area contributed by atoms with Gasteiger partial charge in [0.05, 0.1) is 0 Å². The summed E-state index contributed by atoms with van der Waals surface area (Å²) in [5.41, 5.74) is 22.7. The van der Waals surface area contributed by atoms with Gasteiger partial charge in [-0.3, -0.25) is 0 Å². The number of anilines is 2. The highest BCUT2D eigenvalue weighted by Crippen LogP contribution is 2.50. The number of benzene rings is 6. The smallest absolute Gasteiger partial charge is 0.135 e. The molecule has 6 aromatic rings. The van der Waals surface area contributed by atoms with E-state index in [0.717, 1.165) is 40.2 Å². The van der Waals surface area contributed by atoms with Gasteiger partial charge in [0.25, 0.3) is 0 Å². The van der Waals surface area contributed by atoms with E-state index >= 15 is 0 Å². The molecule has 0 saturated carbocycles. The lowest BCUT2D eigenvalue weighted by Crippen LogP contribution is -1.97. The van der Waals surface area contributed by atoms with Crippen molar-refractivity contribution in [3.8, 4) is 56.4 Å². The van der Waals surface area contributed by atoms with Crippen molar-refractivity contribution in [3.63, 3.8) is 0 Å². The van der Waals surface area contributed by atoms with Gasteiger partial charge in [-0.05, 0) is 76.2 Å². The van der Waals surface area contributed by atoms with Crippen LogP contribution in [0.5, 0.6) is 23.0 Å². The molecule has 6 aromatic carbocycles. The zero-order valence-electron chi connectivity index (χ0n) is 22.4. The average molecular weight is 533 g/mol. The van der Waals surface area contributed by atoms with E-state index in [1.807, 2.05) is 78.9 Å². The Kier molecular flexibility index (Phi) is 6.14. The molecule has 0 unspecified atom stereocenters. The number of rotatable bonds is 6. The Bertz CT molecular complexity index is 1910. The second-order valence-corrected chi connectivity index (χ2v) is 10.2. The Morgan fingerprint density at radius 3 is 1.63 bits per heavy atom. The lowest BCUT2D eigenvalue weighted by molar-refractivity contribution is 0.484. The van der Waals surface area contributed by atoms with Crippen LogP contribution in [0.1, 0.15) is 11.1 Å². The van der Waals surface area contributed by atoms with Crippen LogP contribution in [0.2, 0.25) is 0 Å². The summed E-state index contributed by atoms with van der Waals surface area (Å²) in [5.74, 6) is 2.90. The van der Waals surface area contributed by atoms with Gasteiger partial charge in [0, 0.05) is 34.6 Å². The van der Waals surface area contributed by atoms with Crippen LogP contribution >= 0.6 is 0 Å². The van der Waals surface area contributed by atoms with Gasteiger partial charge in [0.2, 0.25) is 0 Å². The van der Waals surface area contributed by atoms with E-state index in [1.54, 1.807) is 0 Å². The molecule has 0 spiro atoms. The van der Waals surface area contributed by atoms with E-state index in [0.29, 0.717) is 22.9 Å². The van der Waals surface area contributed by atoms with Crippen LogP contribution in [-0.2, 0) is 6.42 Å². The molecule has 1 aliphatic rings. The Morgan fingerprint density at radius 1 is 0.439 bits per heavy atom. The summed E-state index contributed by atoms with van der Waals surface area (Å²) in [6.45, 7) is 0. The Balaban J connectivity index is 1.44. The second kappa shape index (κ2) is 10.2. The van der Waals surface area contributed by atoms with Crippen LogP contribution in [0, 0.1) is 0 Å². The lowest BCUT2D eigenvalue weighted by atomic mass is 9.87. The standard InChI is InChI=1S/C37H28N2O2/c38-25-10-7-12-27(22-25)40-35-17-5-3-15-31(35)32-20-19-30-29-14-2-1-9-24(29)21-34(30)37(32)33-16-4-6-18-36(33)41-28-13-8-11-26(39)23-28/h1-20,22-23H,21,38-39H2. The molecule has 0 bridgehead atoms. The first kappa shape index (κ1) is 24.6. The Morgan fingerprint density at radius 2 is 0.976 bits per heavy atom. The molecule has 4 nitrogen and oxygen atoms in total. The van der Waals surface area contributed by atoms with Crippen molar-refractivity contribution in [3.05, 3.63) is 145 Å². The summed E-state index contributed by atoms with van der Waals surface area (Å²) in [5, 5.41) is 0. The minimum atomic E-state index is 0.656. The molecule has 4 N–H and O–H groups in total. The first-order valence-corrected chi connectivity index (χ1v) is 13.6. The number of hydrogen-bond acceptors (Lipinski definition) is 4. The largest absolute Gasteiger partial charge is 0.457 e. The molecule has 0 aromatic heterocycles. The topological polar surface area (TPSA) is 70.5 Å². The van der Waals surface area contributed by atoms with E-state index in [2.05, 4.69) is 54.6 Å². The monoisotopic (exact) mass is 532 g/mol. The quantitative estimate of drug-likeness (QED) is 0.209. The Hall–Kier alpha value is -5.48. The van der Waals surface area contributed by atoms with Crippen molar-refractivity contribution in [2.24, 2.45) is 0 Å². The molecule has 0 heterocycles. The number of hydrogen-bond donors (Lipinski definition) is 2. The molecule has 198 valence electrons. The minimum Gasteiger partial charge on any atom is -0.457 e. The van der Waals surface area contributed by atoms with Crippen LogP contribution in [0.15, 0.2) is 133 Å². The summed E-state index contributed by atoms with van der Waals surface area (Å²) in [6, 6.07) is 44.4. The first-order valence-electron chi connectivity index (χ1n) is 13.6. The molecular formula is C37H28N2O2.